The number of aromatic amines is 2. The molecule has 0 fully saturated rings. The molecule has 0 amide bonds. The number of allylic oxidation sites excluding steroid dienone is 2. The molecule has 0 radical (unpaired) electrons. The largest absolute Gasteiger partial charge is 0.481 e. The van der Waals surface area contributed by atoms with Crippen LogP contribution in [0.1, 0.15) is 107 Å². The number of carboxylic acids is 2. The van der Waals surface area contributed by atoms with Gasteiger partial charge >= 0.3 is 17.9 Å². The predicted octanol–water partition coefficient (Wildman–Crippen LogP) is 7.08. The zero-order chi connectivity index (χ0) is 32.7. The number of esters is 1. The van der Waals surface area contributed by atoms with Gasteiger partial charge in [-0.15, -0.1) is 0 Å². The summed E-state index contributed by atoms with van der Waals surface area (Å²) in [5.74, 6) is -3.34. The first-order valence-corrected chi connectivity index (χ1v) is 15.0. The fraction of sp³-hybridized carbons (Fsp3) is 0.343. The Morgan fingerprint density at radius 3 is 2.29 bits per heavy atom. The minimum Gasteiger partial charge on any atom is -0.481 e. The Bertz CT molecular complexity index is 1960. The summed E-state index contributed by atoms with van der Waals surface area (Å²) in [7, 11) is 1.28. The molecule has 10 heteroatoms. The second-order valence-electron chi connectivity index (χ2n) is 11.7. The van der Waals surface area contributed by atoms with Crippen LogP contribution in [0, 0.1) is 13.8 Å². The molecule has 2 aliphatic rings. The number of carboxylic acid groups (broad SMARTS) is 2. The van der Waals surface area contributed by atoms with Crippen molar-refractivity contribution in [2.45, 2.75) is 72.1 Å². The summed E-state index contributed by atoms with van der Waals surface area (Å²) in [6.45, 7) is 13.9. The molecule has 2 aliphatic heterocycles. The van der Waals surface area contributed by atoms with Crippen molar-refractivity contribution in [3.05, 3.63) is 75.4 Å². The Morgan fingerprint density at radius 1 is 0.978 bits per heavy atom. The molecule has 0 saturated carbocycles. The number of aliphatic carboxylic acids is 2. The maximum atomic E-state index is 13.3. The van der Waals surface area contributed by atoms with Crippen LogP contribution in [0.5, 0.6) is 0 Å². The van der Waals surface area contributed by atoms with E-state index in [-0.39, 0.29) is 24.3 Å². The van der Waals surface area contributed by atoms with Crippen molar-refractivity contribution in [2.24, 2.45) is 0 Å². The number of hydrogen-bond acceptors (Lipinski definition) is 6. The molecule has 10 nitrogen and oxygen atoms in total. The first-order chi connectivity index (χ1) is 21.4. The van der Waals surface area contributed by atoms with Crippen molar-refractivity contribution in [3.8, 4) is 0 Å². The Labute approximate surface area is 260 Å². The molecule has 4 N–H and O–H groups in total. The number of nitrogens with one attached hydrogen (secondary N) is 2. The molecule has 234 valence electrons. The van der Waals surface area contributed by atoms with Crippen molar-refractivity contribution < 1.29 is 29.3 Å². The molecule has 3 aromatic heterocycles. The second-order valence-corrected chi connectivity index (χ2v) is 11.7. The number of aryl methyl sites for hydroxylation is 2. The third-order valence-corrected chi connectivity index (χ3v) is 9.12. The summed E-state index contributed by atoms with van der Waals surface area (Å²) in [6.07, 6.45) is 2.20. The van der Waals surface area contributed by atoms with E-state index in [9.17, 15) is 24.6 Å². The lowest BCUT2D eigenvalue weighted by Crippen LogP contribution is -2.11. The van der Waals surface area contributed by atoms with Gasteiger partial charge in [-0.25, -0.2) is 9.78 Å². The normalized spacial score (nSPS) is 16.1. The number of carbonyl (C=O) groups is 3. The van der Waals surface area contributed by atoms with E-state index in [1.165, 1.54) is 7.11 Å². The van der Waals surface area contributed by atoms with Gasteiger partial charge in [0.25, 0.3) is 0 Å². The molecule has 0 saturated heterocycles. The number of nitrogens with zero attached hydrogens (tertiary/aromatic N) is 2. The van der Waals surface area contributed by atoms with E-state index in [1.54, 1.807) is 13.0 Å². The number of H-pyrrole nitrogens is 2. The van der Waals surface area contributed by atoms with E-state index >= 15 is 0 Å². The summed E-state index contributed by atoms with van der Waals surface area (Å²) in [6, 6.07) is 5.83. The monoisotopic (exact) mass is 610 g/mol. The van der Waals surface area contributed by atoms with Gasteiger partial charge in [-0.3, -0.25) is 14.6 Å². The topological polar surface area (TPSA) is 158 Å². The van der Waals surface area contributed by atoms with Crippen LogP contribution in [0.4, 0.5) is 0 Å². The van der Waals surface area contributed by atoms with Gasteiger partial charge in [-0.05, 0) is 74.1 Å². The molecular formula is C35H38N4O6. The van der Waals surface area contributed by atoms with E-state index in [4.69, 9.17) is 14.7 Å². The Balaban J connectivity index is 2.05. The smallest absolute Gasteiger partial charge is 0.340 e. The average Bonchev–Trinajstić information content (AvgIpc) is 3.67. The number of aromatic nitrogens is 4. The summed E-state index contributed by atoms with van der Waals surface area (Å²) in [5.41, 5.74) is 10.3. The van der Waals surface area contributed by atoms with Crippen LogP contribution < -0.4 is 0 Å². The standard InChI is InChI=1S/C35H38N4O6/c1-8-20-16(3)24-13-26-18(5)22(10-11-30(40)41)33(38-26)23(12-31(42)43)34-32(35(44)45-7)19(6)27(39-34)15-29-21(9-2)17(4)25(37-29)14-28(20)36-24/h8,13-15,18,22,36,39H,1,9-12H2,2-7H3,(H,40,41)(H,42,43)/t18-,22-/m0/s1. The molecule has 5 heterocycles. The minimum absolute atomic E-state index is 0.126. The zero-order valence-electron chi connectivity index (χ0n) is 26.4. The first kappa shape index (κ1) is 31.4. The first-order valence-electron chi connectivity index (χ1n) is 15.0. The zero-order valence-corrected chi connectivity index (χ0v) is 26.4. The van der Waals surface area contributed by atoms with E-state index in [1.807, 2.05) is 39.0 Å². The maximum Gasteiger partial charge on any atom is 0.340 e. The highest BCUT2D eigenvalue weighted by Crippen LogP contribution is 2.43. The third kappa shape index (κ3) is 5.56. The van der Waals surface area contributed by atoms with Crippen LogP contribution in [-0.4, -0.2) is 55.2 Å². The SMILES string of the molecule is C=Cc1c(C)c2cc3nc(c(CC(=O)O)c4[nH]c(cc5nc(cc1[nH]2)C(C)=C5CC)c(C)c4C(=O)OC)[C@@H](CCC(=O)O)[C@@H]3C. The van der Waals surface area contributed by atoms with Crippen molar-refractivity contribution in [1.29, 1.82) is 0 Å². The molecule has 0 unspecified atom stereocenters. The maximum absolute atomic E-state index is 13.3. The molecule has 5 rings (SSSR count). The third-order valence-electron chi connectivity index (χ3n) is 9.12. The molecular weight excluding hydrogens is 572 g/mol. The van der Waals surface area contributed by atoms with Crippen molar-refractivity contribution in [1.82, 2.24) is 19.9 Å². The number of hydrogen-bond donors (Lipinski definition) is 4. The van der Waals surface area contributed by atoms with Crippen LogP contribution in [0.3, 0.4) is 0 Å². The van der Waals surface area contributed by atoms with E-state index in [0.29, 0.717) is 33.5 Å². The fourth-order valence-electron chi connectivity index (χ4n) is 6.62. The molecule has 8 bridgehead atoms. The van der Waals surface area contributed by atoms with Crippen LogP contribution >= 0.6 is 0 Å². The summed E-state index contributed by atoms with van der Waals surface area (Å²) >= 11 is 0. The van der Waals surface area contributed by atoms with Crippen LogP contribution in [0.25, 0.3) is 39.3 Å². The number of methoxy groups -OCH3 is 1. The molecule has 2 atom stereocenters. The van der Waals surface area contributed by atoms with E-state index in [2.05, 4.69) is 23.5 Å². The van der Waals surface area contributed by atoms with Gasteiger partial charge < -0.3 is 24.9 Å². The minimum atomic E-state index is -1.11. The highest BCUT2D eigenvalue weighted by atomic mass is 16.5. The van der Waals surface area contributed by atoms with Gasteiger partial charge in [0.1, 0.15) is 0 Å². The number of carbonyl (C=O) groups excluding carboxylic acids is 1. The van der Waals surface area contributed by atoms with Gasteiger partial charge in [-0.2, -0.15) is 0 Å². The van der Waals surface area contributed by atoms with Gasteiger partial charge in [0.05, 0.1) is 41.7 Å². The van der Waals surface area contributed by atoms with Gasteiger partial charge in [0.2, 0.25) is 0 Å². The molecule has 0 aromatic carbocycles. The van der Waals surface area contributed by atoms with Crippen molar-refractivity contribution >= 4 is 57.2 Å². The Morgan fingerprint density at radius 2 is 1.67 bits per heavy atom. The highest BCUT2D eigenvalue weighted by molar-refractivity contribution is 6.03. The van der Waals surface area contributed by atoms with E-state index < -0.39 is 30.2 Å². The number of rotatable bonds is 8. The fourth-order valence-corrected chi connectivity index (χ4v) is 6.62. The molecule has 45 heavy (non-hydrogen) atoms. The molecule has 3 aromatic rings. The van der Waals surface area contributed by atoms with Crippen molar-refractivity contribution in [3.63, 3.8) is 0 Å². The van der Waals surface area contributed by atoms with Gasteiger partial charge in [0, 0.05) is 51.6 Å². The average molecular weight is 611 g/mol. The predicted molar refractivity (Wildman–Crippen MR) is 174 cm³/mol. The lowest BCUT2D eigenvalue weighted by molar-refractivity contribution is -0.138. The van der Waals surface area contributed by atoms with Crippen molar-refractivity contribution in [2.75, 3.05) is 7.11 Å². The van der Waals surface area contributed by atoms with Crippen LogP contribution in [0.2, 0.25) is 0 Å². The van der Waals surface area contributed by atoms with E-state index in [0.717, 1.165) is 51.1 Å². The number of ether oxygens (including phenoxy) is 1. The Kier molecular flexibility index (Phi) is 8.51. The quantitative estimate of drug-likeness (QED) is 0.197. The molecule has 0 spiro atoms. The highest BCUT2D eigenvalue weighted by Gasteiger charge is 2.33. The van der Waals surface area contributed by atoms with Gasteiger partial charge in [0.15, 0.2) is 0 Å². The second kappa shape index (κ2) is 12.2. The van der Waals surface area contributed by atoms with Gasteiger partial charge in [-0.1, -0.05) is 26.5 Å². The number of fused-ring (bicyclic) bond motifs is 8. The summed E-state index contributed by atoms with van der Waals surface area (Å²) < 4.78 is 5.17. The molecule has 0 aliphatic carbocycles. The lowest BCUT2D eigenvalue weighted by Gasteiger charge is -2.17. The summed E-state index contributed by atoms with van der Waals surface area (Å²) in [5, 5.41) is 19.7. The Hall–Kier alpha value is -4.99. The summed E-state index contributed by atoms with van der Waals surface area (Å²) in [4.78, 5) is 54.2. The van der Waals surface area contributed by atoms with Crippen LogP contribution in [-0.2, 0) is 20.7 Å². The lowest BCUT2D eigenvalue weighted by atomic mass is 9.85. The van der Waals surface area contributed by atoms with Crippen LogP contribution in [0.15, 0.2) is 24.8 Å².